The Morgan fingerprint density at radius 3 is 2.62 bits per heavy atom. The van der Waals surface area contributed by atoms with Crippen molar-refractivity contribution in [2.45, 2.75) is 32.6 Å². The van der Waals surface area contributed by atoms with Crippen molar-refractivity contribution in [1.82, 2.24) is 20.2 Å². The molecule has 2 amide bonds. The monoisotopic (exact) mass is 334 g/mol. The third-order valence-electron chi connectivity index (χ3n) is 3.96. The van der Waals surface area contributed by atoms with Gasteiger partial charge in [0, 0.05) is 26.1 Å². The number of carboxylic acid groups (broad SMARTS) is 1. The van der Waals surface area contributed by atoms with Crippen molar-refractivity contribution in [1.29, 1.82) is 0 Å². The zero-order valence-corrected chi connectivity index (χ0v) is 13.7. The van der Waals surface area contributed by atoms with Crippen molar-refractivity contribution in [3.8, 4) is 0 Å². The molecule has 130 valence electrons. The van der Waals surface area contributed by atoms with E-state index in [4.69, 9.17) is 5.11 Å². The van der Waals surface area contributed by atoms with E-state index in [2.05, 4.69) is 15.3 Å². The molecule has 1 fully saturated rings. The van der Waals surface area contributed by atoms with Gasteiger partial charge in [-0.15, -0.1) is 0 Å². The first kappa shape index (κ1) is 17.8. The van der Waals surface area contributed by atoms with E-state index in [1.807, 2.05) is 6.92 Å². The summed E-state index contributed by atoms with van der Waals surface area (Å²) in [6, 6.07) is 0. The van der Waals surface area contributed by atoms with Crippen LogP contribution in [0.4, 0.5) is 0 Å². The standard InChI is InChI=1S/C16H22N4O4/c1-2-4-14(21)19-7-11-5-3-6-20(10-11)15(22)12-8-18-13(9-17-12)16(23)24/h8-9,11H,2-7,10H2,1H3,(H,19,21)(H,23,24). The molecule has 2 rings (SSSR count). The minimum absolute atomic E-state index is 0.0380. The summed E-state index contributed by atoms with van der Waals surface area (Å²) in [7, 11) is 0. The Labute approximate surface area is 140 Å². The normalized spacial score (nSPS) is 17.4. The van der Waals surface area contributed by atoms with E-state index in [-0.39, 0.29) is 29.1 Å². The Morgan fingerprint density at radius 2 is 2.00 bits per heavy atom. The predicted octanol–water partition coefficient (Wildman–Crippen LogP) is 0.943. The molecule has 1 aromatic heterocycles. The molecular formula is C16H22N4O4. The fraction of sp³-hybridized carbons (Fsp3) is 0.562. The van der Waals surface area contributed by atoms with E-state index < -0.39 is 5.97 Å². The van der Waals surface area contributed by atoms with Gasteiger partial charge in [0.25, 0.3) is 5.91 Å². The third kappa shape index (κ3) is 4.74. The first-order valence-electron chi connectivity index (χ1n) is 8.12. The topological polar surface area (TPSA) is 112 Å². The van der Waals surface area contributed by atoms with Gasteiger partial charge in [-0.05, 0) is 25.2 Å². The van der Waals surface area contributed by atoms with E-state index >= 15 is 0 Å². The second kappa shape index (κ2) is 8.37. The Morgan fingerprint density at radius 1 is 1.29 bits per heavy atom. The molecule has 0 aromatic carbocycles. The van der Waals surface area contributed by atoms with E-state index in [1.54, 1.807) is 4.90 Å². The highest BCUT2D eigenvalue weighted by Gasteiger charge is 2.25. The number of rotatable bonds is 6. The summed E-state index contributed by atoms with van der Waals surface area (Å²) in [5.74, 6) is -1.18. The molecule has 0 aliphatic carbocycles. The van der Waals surface area contributed by atoms with Gasteiger partial charge in [-0.25, -0.2) is 14.8 Å². The Hall–Kier alpha value is -2.51. The minimum atomic E-state index is -1.18. The number of likely N-dealkylation sites (tertiary alicyclic amines) is 1. The van der Waals surface area contributed by atoms with Gasteiger partial charge in [-0.2, -0.15) is 0 Å². The summed E-state index contributed by atoms with van der Waals surface area (Å²) < 4.78 is 0. The zero-order valence-electron chi connectivity index (χ0n) is 13.7. The Bertz CT molecular complexity index is 603. The molecule has 24 heavy (non-hydrogen) atoms. The molecule has 8 nitrogen and oxygen atoms in total. The van der Waals surface area contributed by atoms with Gasteiger partial charge in [-0.1, -0.05) is 6.92 Å². The largest absolute Gasteiger partial charge is 0.476 e. The maximum absolute atomic E-state index is 12.5. The molecule has 1 unspecified atom stereocenters. The van der Waals surface area contributed by atoms with Crippen LogP contribution in [0.3, 0.4) is 0 Å². The number of hydrogen-bond acceptors (Lipinski definition) is 5. The maximum atomic E-state index is 12.5. The average molecular weight is 334 g/mol. The fourth-order valence-corrected chi connectivity index (χ4v) is 2.70. The SMILES string of the molecule is CCCC(=O)NCC1CCCN(C(=O)c2cnc(C(=O)O)cn2)C1. The molecular weight excluding hydrogens is 312 g/mol. The van der Waals surface area contributed by atoms with Crippen molar-refractivity contribution in [3.05, 3.63) is 23.8 Å². The van der Waals surface area contributed by atoms with Crippen LogP contribution in [0.2, 0.25) is 0 Å². The molecule has 2 N–H and O–H groups in total. The number of carbonyl (C=O) groups is 3. The number of nitrogens with one attached hydrogen (secondary N) is 1. The number of piperidine rings is 1. The number of amides is 2. The molecule has 2 heterocycles. The smallest absolute Gasteiger partial charge is 0.356 e. The summed E-state index contributed by atoms with van der Waals surface area (Å²) in [4.78, 5) is 44.1. The molecule has 1 aromatic rings. The second-order valence-corrected chi connectivity index (χ2v) is 5.91. The highest BCUT2D eigenvalue weighted by Crippen LogP contribution is 2.17. The van der Waals surface area contributed by atoms with Crippen molar-refractivity contribution < 1.29 is 19.5 Å². The Balaban J connectivity index is 1.92. The van der Waals surface area contributed by atoms with E-state index in [0.29, 0.717) is 26.1 Å². The highest BCUT2D eigenvalue weighted by atomic mass is 16.4. The van der Waals surface area contributed by atoms with Crippen LogP contribution in [0.25, 0.3) is 0 Å². The molecule has 1 saturated heterocycles. The lowest BCUT2D eigenvalue weighted by molar-refractivity contribution is -0.121. The van der Waals surface area contributed by atoms with Crippen LogP contribution in [0.1, 0.15) is 53.6 Å². The van der Waals surface area contributed by atoms with Crippen LogP contribution >= 0.6 is 0 Å². The van der Waals surface area contributed by atoms with Crippen molar-refractivity contribution in [2.75, 3.05) is 19.6 Å². The van der Waals surface area contributed by atoms with Crippen molar-refractivity contribution in [3.63, 3.8) is 0 Å². The van der Waals surface area contributed by atoms with Crippen LogP contribution < -0.4 is 5.32 Å². The molecule has 8 heteroatoms. The van der Waals surface area contributed by atoms with Crippen LogP contribution in [0, 0.1) is 5.92 Å². The number of carbonyl (C=O) groups excluding carboxylic acids is 2. The van der Waals surface area contributed by atoms with Gasteiger partial charge < -0.3 is 15.3 Å². The summed E-state index contributed by atoms with van der Waals surface area (Å²) in [5, 5.41) is 11.7. The minimum Gasteiger partial charge on any atom is -0.476 e. The highest BCUT2D eigenvalue weighted by molar-refractivity contribution is 5.92. The number of hydrogen-bond donors (Lipinski definition) is 2. The van der Waals surface area contributed by atoms with Crippen molar-refractivity contribution >= 4 is 17.8 Å². The number of aromatic nitrogens is 2. The second-order valence-electron chi connectivity index (χ2n) is 5.91. The summed E-state index contributed by atoms with van der Waals surface area (Å²) in [5.41, 5.74) is -0.0580. The first-order valence-corrected chi connectivity index (χ1v) is 8.12. The summed E-state index contributed by atoms with van der Waals surface area (Å²) >= 11 is 0. The van der Waals surface area contributed by atoms with E-state index in [9.17, 15) is 14.4 Å². The lowest BCUT2D eigenvalue weighted by atomic mass is 9.97. The van der Waals surface area contributed by atoms with Gasteiger partial charge in [0.2, 0.25) is 5.91 Å². The first-order chi connectivity index (χ1) is 11.5. The molecule has 1 atom stereocenters. The number of aromatic carboxylic acids is 1. The zero-order chi connectivity index (χ0) is 17.5. The average Bonchev–Trinajstić information content (AvgIpc) is 2.60. The molecule has 0 bridgehead atoms. The van der Waals surface area contributed by atoms with Crippen LogP contribution in [0.5, 0.6) is 0 Å². The molecule has 0 radical (unpaired) electrons. The van der Waals surface area contributed by atoms with Crippen LogP contribution in [-0.4, -0.2) is 57.4 Å². The van der Waals surface area contributed by atoms with Gasteiger partial charge in [0.15, 0.2) is 5.69 Å². The van der Waals surface area contributed by atoms with Crippen LogP contribution in [0.15, 0.2) is 12.4 Å². The van der Waals surface area contributed by atoms with E-state index in [0.717, 1.165) is 25.5 Å². The number of nitrogens with zero attached hydrogens (tertiary/aromatic N) is 3. The Kier molecular flexibility index (Phi) is 6.22. The predicted molar refractivity (Wildman–Crippen MR) is 85.5 cm³/mol. The van der Waals surface area contributed by atoms with Gasteiger partial charge >= 0.3 is 5.97 Å². The number of carboxylic acids is 1. The summed E-state index contributed by atoms with van der Waals surface area (Å²) in [6.45, 7) is 3.69. The van der Waals surface area contributed by atoms with Gasteiger partial charge in [0.1, 0.15) is 5.69 Å². The molecule has 0 saturated carbocycles. The van der Waals surface area contributed by atoms with Crippen molar-refractivity contribution in [2.24, 2.45) is 5.92 Å². The van der Waals surface area contributed by atoms with Gasteiger partial charge in [0.05, 0.1) is 12.4 Å². The van der Waals surface area contributed by atoms with E-state index in [1.165, 1.54) is 6.20 Å². The van der Waals surface area contributed by atoms with Gasteiger partial charge in [-0.3, -0.25) is 9.59 Å². The molecule has 1 aliphatic rings. The fourth-order valence-electron chi connectivity index (χ4n) is 2.70. The molecule has 1 aliphatic heterocycles. The lowest BCUT2D eigenvalue weighted by Crippen LogP contribution is -2.44. The summed E-state index contributed by atoms with van der Waals surface area (Å²) in [6.07, 6.45) is 5.42. The van der Waals surface area contributed by atoms with Crippen LogP contribution in [-0.2, 0) is 4.79 Å². The maximum Gasteiger partial charge on any atom is 0.356 e. The quantitative estimate of drug-likeness (QED) is 0.801. The third-order valence-corrected chi connectivity index (χ3v) is 3.96. The molecule has 0 spiro atoms. The lowest BCUT2D eigenvalue weighted by Gasteiger charge is -2.32.